The monoisotopic (exact) mass is 375 g/mol. The number of hydrogen-bond acceptors (Lipinski definition) is 6. The Hall–Kier alpha value is -2.44. The first kappa shape index (κ1) is 19.9. The van der Waals surface area contributed by atoms with Crippen LogP contribution in [0, 0.1) is 11.3 Å². The number of sulfonamides is 1. The van der Waals surface area contributed by atoms with E-state index in [2.05, 4.69) is 5.32 Å². The molecule has 0 unspecified atom stereocenters. The summed E-state index contributed by atoms with van der Waals surface area (Å²) in [5, 5.41) is 27.0. The maximum Gasteiger partial charge on any atom is 0.238 e. The van der Waals surface area contributed by atoms with Crippen LogP contribution >= 0.6 is 0 Å². The Kier molecular flexibility index (Phi) is 6.71. The molecule has 2 atom stereocenters. The third-order valence-electron chi connectivity index (χ3n) is 3.79. The number of aliphatic hydroxyl groups excluding tert-OH is 1. The molecule has 0 aliphatic heterocycles. The SMILES string of the molecule is C[C@H](NC[C@@H](O)COc1ccc(C#N)cc1)c1ccc(S(N)(=O)=O)cc1. The van der Waals surface area contributed by atoms with Crippen LogP contribution in [0.4, 0.5) is 0 Å². The van der Waals surface area contributed by atoms with Crippen molar-refractivity contribution in [1.29, 1.82) is 5.26 Å². The lowest BCUT2D eigenvalue weighted by molar-refractivity contribution is 0.104. The molecule has 2 rings (SSSR count). The summed E-state index contributed by atoms with van der Waals surface area (Å²) < 4.78 is 28.0. The van der Waals surface area contributed by atoms with Gasteiger partial charge in [-0.25, -0.2) is 13.6 Å². The summed E-state index contributed by atoms with van der Waals surface area (Å²) in [6.45, 7) is 2.31. The quantitative estimate of drug-likeness (QED) is 0.638. The predicted octanol–water partition coefficient (Wildman–Crippen LogP) is 1.30. The summed E-state index contributed by atoms with van der Waals surface area (Å²) in [7, 11) is -3.70. The van der Waals surface area contributed by atoms with Gasteiger partial charge in [-0.2, -0.15) is 5.26 Å². The average Bonchev–Trinajstić information content (AvgIpc) is 2.64. The number of nitrogens with two attached hydrogens (primary N) is 1. The van der Waals surface area contributed by atoms with E-state index in [0.717, 1.165) is 5.56 Å². The number of nitriles is 1. The average molecular weight is 375 g/mol. The number of hydrogen-bond donors (Lipinski definition) is 3. The van der Waals surface area contributed by atoms with Gasteiger partial charge in [-0.1, -0.05) is 12.1 Å². The molecule has 138 valence electrons. The highest BCUT2D eigenvalue weighted by molar-refractivity contribution is 7.89. The van der Waals surface area contributed by atoms with E-state index in [4.69, 9.17) is 15.1 Å². The highest BCUT2D eigenvalue weighted by Gasteiger charge is 2.12. The Labute approximate surface area is 153 Å². The van der Waals surface area contributed by atoms with E-state index in [9.17, 15) is 13.5 Å². The Morgan fingerprint density at radius 3 is 2.35 bits per heavy atom. The van der Waals surface area contributed by atoms with Gasteiger partial charge >= 0.3 is 0 Å². The van der Waals surface area contributed by atoms with Crippen molar-refractivity contribution >= 4 is 10.0 Å². The molecule has 0 saturated carbocycles. The topological polar surface area (TPSA) is 125 Å². The van der Waals surface area contributed by atoms with Crippen LogP contribution in [-0.2, 0) is 10.0 Å². The van der Waals surface area contributed by atoms with Crippen molar-refractivity contribution in [3.05, 3.63) is 59.7 Å². The van der Waals surface area contributed by atoms with Crippen molar-refractivity contribution in [2.45, 2.75) is 24.0 Å². The summed E-state index contributed by atoms with van der Waals surface area (Å²) in [5.74, 6) is 0.578. The van der Waals surface area contributed by atoms with Crippen molar-refractivity contribution in [3.63, 3.8) is 0 Å². The number of rotatable bonds is 8. The third-order valence-corrected chi connectivity index (χ3v) is 4.72. The Morgan fingerprint density at radius 2 is 1.81 bits per heavy atom. The molecule has 0 heterocycles. The van der Waals surface area contributed by atoms with Gasteiger partial charge in [0.25, 0.3) is 0 Å². The zero-order valence-corrected chi connectivity index (χ0v) is 15.1. The fourth-order valence-electron chi connectivity index (χ4n) is 2.25. The zero-order chi connectivity index (χ0) is 19.2. The van der Waals surface area contributed by atoms with Crippen LogP contribution in [0.3, 0.4) is 0 Å². The van der Waals surface area contributed by atoms with Gasteiger partial charge in [0, 0.05) is 12.6 Å². The molecule has 4 N–H and O–H groups in total. The first-order valence-electron chi connectivity index (χ1n) is 7.97. The molecule has 0 saturated heterocycles. The number of nitrogens with one attached hydrogen (secondary N) is 1. The second-order valence-corrected chi connectivity index (χ2v) is 7.41. The molecule has 0 spiro atoms. The second kappa shape index (κ2) is 8.78. The maximum absolute atomic E-state index is 11.3. The number of ether oxygens (including phenoxy) is 1. The van der Waals surface area contributed by atoms with Crippen LogP contribution in [-0.4, -0.2) is 32.8 Å². The lowest BCUT2D eigenvalue weighted by Gasteiger charge is -2.18. The van der Waals surface area contributed by atoms with Crippen LogP contribution in [0.2, 0.25) is 0 Å². The summed E-state index contributed by atoms with van der Waals surface area (Å²) in [6, 6.07) is 14.8. The standard InChI is InChI=1S/C18H21N3O4S/c1-13(15-4-8-18(9-5-15)26(20,23)24)21-11-16(22)12-25-17-6-2-14(10-19)3-7-17/h2-9,13,16,21-22H,11-12H2,1H3,(H2,20,23,24)/t13-,16+/m0/s1. The number of benzene rings is 2. The molecule has 8 heteroatoms. The normalized spacial score (nSPS) is 13.6. The molecule has 0 aromatic heterocycles. The lowest BCUT2D eigenvalue weighted by atomic mass is 10.1. The minimum Gasteiger partial charge on any atom is -0.491 e. The first-order chi connectivity index (χ1) is 12.3. The summed E-state index contributed by atoms with van der Waals surface area (Å²) >= 11 is 0. The molecule has 0 aliphatic carbocycles. The van der Waals surface area contributed by atoms with Crippen LogP contribution in [0.15, 0.2) is 53.4 Å². The van der Waals surface area contributed by atoms with Crippen molar-refractivity contribution < 1.29 is 18.3 Å². The Bertz CT molecular complexity index is 859. The van der Waals surface area contributed by atoms with Gasteiger partial charge in [0.2, 0.25) is 10.0 Å². The highest BCUT2D eigenvalue weighted by atomic mass is 32.2. The van der Waals surface area contributed by atoms with Crippen LogP contribution in [0.1, 0.15) is 24.1 Å². The van der Waals surface area contributed by atoms with Crippen LogP contribution in [0.25, 0.3) is 0 Å². The molecule has 7 nitrogen and oxygen atoms in total. The van der Waals surface area contributed by atoms with Gasteiger partial charge in [-0.3, -0.25) is 0 Å². The van der Waals surface area contributed by atoms with Gasteiger partial charge in [-0.05, 0) is 48.9 Å². The molecular weight excluding hydrogens is 354 g/mol. The lowest BCUT2D eigenvalue weighted by Crippen LogP contribution is -2.33. The largest absolute Gasteiger partial charge is 0.491 e. The first-order valence-corrected chi connectivity index (χ1v) is 9.51. The van der Waals surface area contributed by atoms with Crippen molar-refractivity contribution in [1.82, 2.24) is 5.32 Å². The summed E-state index contributed by atoms with van der Waals surface area (Å²) in [5.41, 5.74) is 1.42. The summed E-state index contributed by atoms with van der Waals surface area (Å²) in [4.78, 5) is 0.0595. The minimum atomic E-state index is -3.70. The van der Waals surface area contributed by atoms with E-state index in [-0.39, 0.29) is 17.5 Å². The number of primary sulfonamides is 1. The zero-order valence-electron chi connectivity index (χ0n) is 14.3. The van der Waals surface area contributed by atoms with E-state index >= 15 is 0 Å². The van der Waals surface area contributed by atoms with Gasteiger partial charge < -0.3 is 15.2 Å². The number of nitrogens with zero attached hydrogens (tertiary/aromatic N) is 1. The summed E-state index contributed by atoms with van der Waals surface area (Å²) in [6.07, 6.45) is -0.725. The van der Waals surface area contributed by atoms with E-state index in [1.54, 1.807) is 36.4 Å². The molecule has 0 amide bonds. The van der Waals surface area contributed by atoms with Crippen molar-refractivity contribution in [2.75, 3.05) is 13.2 Å². The fraction of sp³-hybridized carbons (Fsp3) is 0.278. The van der Waals surface area contributed by atoms with Gasteiger partial charge in [0.1, 0.15) is 18.5 Å². The van der Waals surface area contributed by atoms with Crippen LogP contribution in [0.5, 0.6) is 5.75 Å². The van der Waals surface area contributed by atoms with E-state index in [1.807, 2.05) is 13.0 Å². The van der Waals surface area contributed by atoms with E-state index in [0.29, 0.717) is 17.9 Å². The molecule has 2 aromatic carbocycles. The number of aliphatic hydroxyl groups is 1. The molecule has 0 radical (unpaired) electrons. The van der Waals surface area contributed by atoms with Gasteiger partial charge in [0.05, 0.1) is 16.5 Å². The Balaban J connectivity index is 1.80. The van der Waals surface area contributed by atoms with Crippen LogP contribution < -0.4 is 15.2 Å². The molecular formula is C18H21N3O4S. The molecule has 2 aromatic rings. The van der Waals surface area contributed by atoms with E-state index < -0.39 is 16.1 Å². The highest BCUT2D eigenvalue weighted by Crippen LogP contribution is 2.16. The Morgan fingerprint density at radius 1 is 1.19 bits per heavy atom. The molecule has 0 fully saturated rings. The fourth-order valence-corrected chi connectivity index (χ4v) is 2.77. The van der Waals surface area contributed by atoms with Gasteiger partial charge in [0.15, 0.2) is 0 Å². The minimum absolute atomic E-state index is 0.0595. The molecule has 0 bridgehead atoms. The smallest absolute Gasteiger partial charge is 0.238 e. The second-order valence-electron chi connectivity index (χ2n) is 5.84. The van der Waals surface area contributed by atoms with Crippen molar-refractivity contribution in [2.24, 2.45) is 5.14 Å². The third kappa shape index (κ3) is 5.82. The van der Waals surface area contributed by atoms with Gasteiger partial charge in [-0.15, -0.1) is 0 Å². The van der Waals surface area contributed by atoms with Crippen molar-refractivity contribution in [3.8, 4) is 11.8 Å². The molecule has 0 aliphatic rings. The predicted molar refractivity (Wildman–Crippen MR) is 96.9 cm³/mol. The molecule has 26 heavy (non-hydrogen) atoms. The maximum atomic E-state index is 11.3. The van der Waals surface area contributed by atoms with E-state index in [1.165, 1.54) is 12.1 Å².